The van der Waals surface area contributed by atoms with Gasteiger partial charge in [-0.15, -0.1) is 0 Å². The van der Waals surface area contributed by atoms with Crippen molar-refractivity contribution in [1.29, 1.82) is 0 Å². The van der Waals surface area contributed by atoms with Crippen LogP contribution in [0.1, 0.15) is 26.5 Å². The minimum Gasteiger partial charge on any atom is -0.465 e. The van der Waals surface area contributed by atoms with Gasteiger partial charge in [-0.25, -0.2) is 19.5 Å². The first kappa shape index (κ1) is 21.7. The van der Waals surface area contributed by atoms with Crippen LogP contribution < -0.4 is 20.7 Å². The zero-order valence-corrected chi connectivity index (χ0v) is 18.1. The summed E-state index contributed by atoms with van der Waals surface area (Å²) < 4.78 is 11.2. The summed E-state index contributed by atoms with van der Waals surface area (Å²) in [5.41, 5.74) is 7.00. The number of urea groups is 1. The maximum atomic E-state index is 12.1. The highest BCUT2D eigenvalue weighted by atomic mass is 16.5. The lowest BCUT2D eigenvalue weighted by atomic mass is 9.93. The summed E-state index contributed by atoms with van der Waals surface area (Å²) >= 11 is 0. The van der Waals surface area contributed by atoms with Crippen molar-refractivity contribution >= 4 is 40.6 Å². The smallest absolute Gasteiger partial charge is 0.411 e. The number of nitrogens with one attached hydrogen (secondary N) is 2. The number of hydrogen-bond donors (Lipinski definition) is 4. The van der Waals surface area contributed by atoms with Gasteiger partial charge in [-0.1, -0.05) is 25.9 Å². The fraction of sp³-hybridized carbons (Fsp3) is 0.182. The minimum atomic E-state index is -1.21. The highest BCUT2D eigenvalue weighted by Crippen LogP contribution is 2.32. The summed E-state index contributed by atoms with van der Waals surface area (Å²) in [6.07, 6.45) is -1.21. The molecule has 0 atom stereocenters. The first-order chi connectivity index (χ1) is 15.6. The van der Waals surface area contributed by atoms with Gasteiger partial charge in [0.05, 0.1) is 16.7 Å². The topological polar surface area (TPSA) is 160 Å². The third kappa shape index (κ3) is 4.71. The molecule has 2 aromatic heterocycles. The van der Waals surface area contributed by atoms with Crippen LogP contribution in [-0.4, -0.2) is 32.4 Å². The molecule has 33 heavy (non-hydrogen) atoms. The molecule has 2 aromatic carbocycles. The Kier molecular flexibility index (Phi) is 5.38. The van der Waals surface area contributed by atoms with Gasteiger partial charge in [0, 0.05) is 17.5 Å². The molecule has 2 heterocycles. The maximum absolute atomic E-state index is 12.1. The number of nitrogens with zero attached hydrogens (tertiary/aromatic N) is 3. The quantitative estimate of drug-likeness (QED) is 0.335. The van der Waals surface area contributed by atoms with Crippen LogP contribution in [0, 0.1) is 0 Å². The molecule has 11 heteroatoms. The SMILES string of the molecule is CC(C)(C)c1cc(N(C(N)=O)c2ccc(Oc3ccc4nc(NC(=O)O)[nH]c4c3)cc2)no1. The molecule has 0 bridgehead atoms. The summed E-state index contributed by atoms with van der Waals surface area (Å²) in [5, 5.41) is 15.0. The number of fused-ring (bicyclic) bond motifs is 1. The molecule has 11 nitrogen and oxygen atoms in total. The second-order valence-electron chi connectivity index (χ2n) is 8.26. The van der Waals surface area contributed by atoms with Crippen LogP contribution in [0.15, 0.2) is 53.1 Å². The van der Waals surface area contributed by atoms with Crippen LogP contribution in [-0.2, 0) is 5.41 Å². The summed E-state index contributed by atoms with van der Waals surface area (Å²) in [6.45, 7) is 5.92. The first-order valence-corrected chi connectivity index (χ1v) is 9.94. The third-order valence-corrected chi connectivity index (χ3v) is 4.70. The number of rotatable bonds is 5. The number of H-pyrrole nitrogens is 1. The van der Waals surface area contributed by atoms with Gasteiger partial charge in [-0.05, 0) is 36.4 Å². The zero-order valence-electron chi connectivity index (χ0n) is 18.1. The van der Waals surface area contributed by atoms with Crippen LogP contribution in [0.4, 0.5) is 27.0 Å². The summed E-state index contributed by atoms with van der Waals surface area (Å²) in [4.78, 5) is 31.1. The lowest BCUT2D eigenvalue weighted by Crippen LogP contribution is -2.31. The average Bonchev–Trinajstić information content (AvgIpc) is 3.35. The summed E-state index contributed by atoms with van der Waals surface area (Å²) in [7, 11) is 0. The van der Waals surface area contributed by atoms with Crippen molar-refractivity contribution < 1.29 is 24.0 Å². The van der Waals surface area contributed by atoms with E-state index in [2.05, 4.69) is 20.4 Å². The van der Waals surface area contributed by atoms with Crippen LogP contribution in [0.25, 0.3) is 11.0 Å². The Bertz CT molecular complexity index is 1320. The Morgan fingerprint density at radius 3 is 2.42 bits per heavy atom. The number of benzene rings is 2. The predicted octanol–water partition coefficient (Wildman–Crippen LogP) is 4.95. The van der Waals surface area contributed by atoms with Gasteiger partial charge in [0.15, 0.2) is 5.82 Å². The molecule has 0 radical (unpaired) electrons. The number of anilines is 3. The van der Waals surface area contributed by atoms with Gasteiger partial charge < -0.3 is 25.1 Å². The van der Waals surface area contributed by atoms with Crippen LogP contribution >= 0.6 is 0 Å². The molecule has 0 fully saturated rings. The molecule has 0 aliphatic heterocycles. The van der Waals surface area contributed by atoms with Gasteiger partial charge in [0.1, 0.15) is 17.3 Å². The molecule has 0 saturated carbocycles. The highest BCUT2D eigenvalue weighted by Gasteiger charge is 2.24. The van der Waals surface area contributed by atoms with Crippen molar-refractivity contribution in [3.05, 3.63) is 54.3 Å². The Balaban J connectivity index is 1.54. The zero-order chi connectivity index (χ0) is 23.8. The number of imidazole rings is 1. The minimum absolute atomic E-state index is 0.119. The first-order valence-electron chi connectivity index (χ1n) is 9.94. The molecule has 4 aromatic rings. The largest absolute Gasteiger partial charge is 0.465 e. The normalized spacial score (nSPS) is 11.4. The molecule has 0 spiro atoms. The molecular formula is C22H22N6O5. The van der Waals surface area contributed by atoms with Crippen molar-refractivity contribution in [2.45, 2.75) is 26.2 Å². The summed E-state index contributed by atoms with van der Waals surface area (Å²) in [5.74, 6) is 2.06. The maximum Gasteiger partial charge on any atom is 0.411 e. The van der Waals surface area contributed by atoms with Crippen molar-refractivity contribution in [2.75, 3.05) is 10.2 Å². The van der Waals surface area contributed by atoms with E-state index in [1.807, 2.05) is 20.8 Å². The van der Waals surface area contributed by atoms with E-state index >= 15 is 0 Å². The average molecular weight is 450 g/mol. The lowest BCUT2D eigenvalue weighted by molar-refractivity contribution is 0.209. The molecule has 3 amide bonds. The van der Waals surface area contributed by atoms with Crippen molar-refractivity contribution in [3.63, 3.8) is 0 Å². The Hall–Kier alpha value is -4.54. The van der Waals surface area contributed by atoms with Gasteiger partial charge >= 0.3 is 12.1 Å². The number of hydrogen-bond acceptors (Lipinski definition) is 6. The van der Waals surface area contributed by atoms with E-state index in [0.717, 1.165) is 0 Å². The second kappa shape index (κ2) is 8.19. The van der Waals surface area contributed by atoms with Crippen LogP contribution in [0.2, 0.25) is 0 Å². The van der Waals surface area contributed by atoms with Crippen molar-refractivity contribution in [1.82, 2.24) is 15.1 Å². The van der Waals surface area contributed by atoms with E-state index in [1.54, 1.807) is 48.5 Å². The molecular weight excluding hydrogens is 428 g/mol. The van der Waals surface area contributed by atoms with Crippen LogP contribution in [0.3, 0.4) is 0 Å². The van der Waals surface area contributed by atoms with Crippen LogP contribution in [0.5, 0.6) is 11.5 Å². The number of nitrogens with two attached hydrogens (primary N) is 1. The van der Waals surface area contributed by atoms with E-state index in [1.165, 1.54) is 4.90 Å². The number of aromatic amines is 1. The molecule has 0 aliphatic rings. The third-order valence-electron chi connectivity index (χ3n) is 4.70. The van der Waals surface area contributed by atoms with Gasteiger partial charge in [0.25, 0.3) is 0 Å². The number of primary amides is 1. The number of amides is 3. The van der Waals surface area contributed by atoms with Crippen molar-refractivity contribution in [2.24, 2.45) is 5.73 Å². The number of aromatic nitrogens is 3. The van der Waals surface area contributed by atoms with E-state index in [0.29, 0.717) is 34.0 Å². The monoisotopic (exact) mass is 450 g/mol. The fourth-order valence-corrected chi connectivity index (χ4v) is 3.11. The van der Waals surface area contributed by atoms with E-state index in [9.17, 15) is 9.59 Å². The van der Waals surface area contributed by atoms with E-state index in [-0.39, 0.29) is 17.2 Å². The molecule has 4 rings (SSSR count). The van der Waals surface area contributed by atoms with Crippen molar-refractivity contribution in [3.8, 4) is 11.5 Å². The standard InChI is InChI=1S/C22H22N6O5/c1-22(2,3)17-11-18(27-33-17)28(19(23)29)12-4-6-13(7-5-12)32-14-8-9-15-16(10-14)25-20(24-15)26-21(30)31/h4-11H,1-3H3,(H2,23,29)(H,30,31)(H2,24,25,26). The number of ether oxygens (including phenoxy) is 1. The molecule has 170 valence electrons. The fourth-order valence-electron chi connectivity index (χ4n) is 3.11. The molecule has 5 N–H and O–H groups in total. The Labute approximate surface area is 188 Å². The van der Waals surface area contributed by atoms with E-state index in [4.69, 9.17) is 20.1 Å². The Morgan fingerprint density at radius 1 is 1.12 bits per heavy atom. The molecule has 0 unspecified atom stereocenters. The number of carbonyl (C=O) groups excluding carboxylic acids is 1. The lowest BCUT2D eigenvalue weighted by Gasteiger charge is -2.17. The van der Waals surface area contributed by atoms with E-state index < -0.39 is 12.1 Å². The van der Waals surface area contributed by atoms with Gasteiger partial charge in [-0.2, -0.15) is 0 Å². The second-order valence-corrected chi connectivity index (χ2v) is 8.26. The number of carbonyl (C=O) groups is 2. The predicted molar refractivity (Wildman–Crippen MR) is 121 cm³/mol. The molecule has 0 aliphatic carbocycles. The highest BCUT2D eigenvalue weighted by molar-refractivity contribution is 5.97. The number of carboxylic acid groups (broad SMARTS) is 1. The van der Waals surface area contributed by atoms with Gasteiger partial charge in [-0.3, -0.25) is 5.32 Å². The molecule has 0 saturated heterocycles. The van der Waals surface area contributed by atoms with Gasteiger partial charge in [0.2, 0.25) is 5.95 Å². The Morgan fingerprint density at radius 2 is 1.82 bits per heavy atom. The summed E-state index contributed by atoms with van der Waals surface area (Å²) in [6, 6.07) is 12.8.